The molecule has 4 aromatic carbocycles. The summed E-state index contributed by atoms with van der Waals surface area (Å²) in [6, 6.07) is 25.7. The molecule has 248 valence electrons. The van der Waals surface area contributed by atoms with Crippen molar-refractivity contribution < 1.29 is 36.6 Å². The Morgan fingerprint density at radius 1 is 0.872 bits per heavy atom. The van der Waals surface area contributed by atoms with Crippen molar-refractivity contribution >= 4 is 27.5 Å². The van der Waals surface area contributed by atoms with Crippen LogP contribution in [0.25, 0.3) is 0 Å². The minimum absolute atomic E-state index is 0.0493. The van der Waals surface area contributed by atoms with Crippen molar-refractivity contribution in [3.8, 4) is 11.5 Å². The van der Waals surface area contributed by atoms with Crippen LogP contribution in [0.2, 0.25) is 0 Å². The smallest absolute Gasteiger partial charge is 0.261 e. The molecular formula is C35H38FN3O7S. The Hall–Kier alpha value is -4.94. The topological polar surface area (TPSA) is 123 Å². The highest BCUT2D eigenvalue weighted by Gasteiger charge is 2.32. The largest absolute Gasteiger partial charge is 0.497 e. The van der Waals surface area contributed by atoms with Crippen LogP contribution in [0, 0.1) is 5.82 Å². The van der Waals surface area contributed by atoms with Crippen LogP contribution >= 0.6 is 0 Å². The van der Waals surface area contributed by atoms with E-state index in [9.17, 15) is 22.4 Å². The minimum atomic E-state index is -3.96. The summed E-state index contributed by atoms with van der Waals surface area (Å²) in [5.41, 5.74) is 1.60. The lowest BCUT2D eigenvalue weighted by atomic mass is 10.0. The highest BCUT2D eigenvalue weighted by Crippen LogP contribution is 2.26. The Balaban J connectivity index is 1.53. The van der Waals surface area contributed by atoms with Gasteiger partial charge in [-0.2, -0.15) is 0 Å². The molecule has 0 saturated carbocycles. The maximum absolute atomic E-state index is 13.9. The second kappa shape index (κ2) is 17.1. The first-order valence-corrected chi connectivity index (χ1v) is 16.5. The van der Waals surface area contributed by atoms with Crippen molar-refractivity contribution in [1.29, 1.82) is 0 Å². The Morgan fingerprint density at radius 2 is 1.53 bits per heavy atom. The van der Waals surface area contributed by atoms with Crippen LogP contribution in [0.15, 0.2) is 108 Å². The van der Waals surface area contributed by atoms with Crippen LogP contribution in [0.3, 0.4) is 0 Å². The van der Waals surface area contributed by atoms with E-state index in [0.717, 1.165) is 17.7 Å². The monoisotopic (exact) mass is 663 g/mol. The summed E-state index contributed by atoms with van der Waals surface area (Å²) in [5, 5.41) is 2.94. The van der Waals surface area contributed by atoms with E-state index in [1.165, 1.54) is 41.3 Å². The van der Waals surface area contributed by atoms with Crippen molar-refractivity contribution in [3.63, 3.8) is 0 Å². The van der Waals surface area contributed by atoms with Gasteiger partial charge in [-0.05, 0) is 85.1 Å². The average Bonchev–Trinajstić information content (AvgIpc) is 3.08. The third-order valence-corrected chi connectivity index (χ3v) is 8.47. The Morgan fingerprint density at radius 3 is 2.17 bits per heavy atom. The van der Waals surface area contributed by atoms with E-state index in [1.807, 2.05) is 25.1 Å². The third kappa shape index (κ3) is 10.3. The van der Waals surface area contributed by atoms with Gasteiger partial charge in [0.15, 0.2) is 6.61 Å². The fourth-order valence-electron chi connectivity index (χ4n) is 4.66. The second-order valence-corrected chi connectivity index (χ2v) is 12.1. The molecule has 1 atom stereocenters. The lowest BCUT2D eigenvalue weighted by Crippen LogP contribution is -2.45. The number of rotatable bonds is 17. The van der Waals surface area contributed by atoms with Crippen molar-refractivity contribution in [2.24, 2.45) is 0 Å². The molecule has 12 heteroatoms. The molecule has 0 aliphatic rings. The SMILES string of the molecule is CCOCCCNC(=O)[C@@H](c1ccccc1)N(Cc1ccc(OC)cc1)C(=O)COc1ccc(S(=O)(=O)Nc2ccc(F)cc2)cc1. The molecule has 0 unspecified atom stereocenters. The summed E-state index contributed by atoms with van der Waals surface area (Å²) >= 11 is 0. The Labute approximate surface area is 274 Å². The van der Waals surface area contributed by atoms with Crippen molar-refractivity contribution in [2.75, 3.05) is 38.2 Å². The van der Waals surface area contributed by atoms with Gasteiger partial charge in [0, 0.05) is 32.0 Å². The fraction of sp³-hybridized carbons (Fsp3) is 0.257. The van der Waals surface area contributed by atoms with Crippen molar-refractivity contribution in [2.45, 2.75) is 30.8 Å². The molecule has 0 aromatic heterocycles. The first-order valence-electron chi connectivity index (χ1n) is 15.0. The van der Waals surface area contributed by atoms with Gasteiger partial charge in [0.1, 0.15) is 23.4 Å². The highest BCUT2D eigenvalue weighted by atomic mass is 32.2. The van der Waals surface area contributed by atoms with Gasteiger partial charge >= 0.3 is 0 Å². The van der Waals surface area contributed by atoms with E-state index in [-0.39, 0.29) is 28.8 Å². The highest BCUT2D eigenvalue weighted by molar-refractivity contribution is 7.92. The van der Waals surface area contributed by atoms with Gasteiger partial charge in [-0.15, -0.1) is 0 Å². The van der Waals surface area contributed by atoms with Gasteiger partial charge in [-0.3, -0.25) is 14.3 Å². The number of hydrogen-bond donors (Lipinski definition) is 2. The van der Waals surface area contributed by atoms with E-state index in [4.69, 9.17) is 14.2 Å². The van der Waals surface area contributed by atoms with E-state index < -0.39 is 34.4 Å². The van der Waals surface area contributed by atoms with Gasteiger partial charge in [0.25, 0.3) is 15.9 Å². The summed E-state index contributed by atoms with van der Waals surface area (Å²) in [5.74, 6) is -0.397. The lowest BCUT2D eigenvalue weighted by molar-refractivity contribution is -0.143. The molecule has 0 heterocycles. The van der Waals surface area contributed by atoms with Crippen LogP contribution in [0.1, 0.15) is 30.5 Å². The predicted octanol–water partition coefficient (Wildman–Crippen LogP) is 5.33. The van der Waals surface area contributed by atoms with Crippen LogP contribution in [-0.2, 0) is 30.9 Å². The zero-order chi connectivity index (χ0) is 33.6. The number of carbonyl (C=O) groups excluding carboxylic acids is 2. The third-order valence-electron chi connectivity index (χ3n) is 7.07. The summed E-state index contributed by atoms with van der Waals surface area (Å²) < 4.78 is 57.7. The summed E-state index contributed by atoms with van der Waals surface area (Å²) in [6.45, 7) is 3.03. The number of carbonyl (C=O) groups is 2. The number of sulfonamides is 1. The summed E-state index contributed by atoms with van der Waals surface area (Å²) in [7, 11) is -2.39. The van der Waals surface area contributed by atoms with E-state index in [1.54, 1.807) is 43.5 Å². The molecule has 10 nitrogen and oxygen atoms in total. The molecule has 0 saturated heterocycles. The Kier molecular flexibility index (Phi) is 12.7. The van der Waals surface area contributed by atoms with E-state index >= 15 is 0 Å². The number of methoxy groups -OCH3 is 1. The molecule has 2 amide bonds. The van der Waals surface area contributed by atoms with Crippen LogP contribution in [-0.4, -0.2) is 58.6 Å². The molecule has 4 aromatic rings. The van der Waals surface area contributed by atoms with E-state index in [0.29, 0.717) is 37.5 Å². The van der Waals surface area contributed by atoms with Gasteiger partial charge in [-0.1, -0.05) is 42.5 Å². The van der Waals surface area contributed by atoms with Gasteiger partial charge in [0.2, 0.25) is 5.91 Å². The number of halogens is 1. The number of benzene rings is 4. The fourth-order valence-corrected chi connectivity index (χ4v) is 5.72. The summed E-state index contributed by atoms with van der Waals surface area (Å²) in [6.07, 6.45) is 0.613. The maximum Gasteiger partial charge on any atom is 0.261 e. The molecule has 0 radical (unpaired) electrons. The van der Waals surface area contributed by atoms with Crippen molar-refractivity contribution in [3.05, 3.63) is 120 Å². The molecule has 0 spiro atoms. The number of nitrogens with zero attached hydrogens (tertiary/aromatic N) is 1. The van der Waals surface area contributed by atoms with Gasteiger partial charge < -0.3 is 24.4 Å². The molecule has 4 rings (SSSR count). The lowest BCUT2D eigenvalue weighted by Gasteiger charge is -2.31. The molecule has 0 fully saturated rings. The van der Waals surface area contributed by atoms with Crippen LogP contribution in [0.4, 0.5) is 10.1 Å². The molecule has 2 N–H and O–H groups in total. The van der Waals surface area contributed by atoms with Crippen LogP contribution < -0.4 is 19.5 Å². The Bertz CT molecular complexity index is 1690. The molecule has 47 heavy (non-hydrogen) atoms. The summed E-state index contributed by atoms with van der Waals surface area (Å²) in [4.78, 5) is 29.0. The van der Waals surface area contributed by atoms with Crippen molar-refractivity contribution in [1.82, 2.24) is 10.2 Å². The molecule has 0 bridgehead atoms. The van der Waals surface area contributed by atoms with Gasteiger partial charge in [0.05, 0.1) is 12.0 Å². The first kappa shape index (κ1) is 34.9. The number of hydrogen-bond acceptors (Lipinski definition) is 7. The maximum atomic E-state index is 13.9. The van der Waals surface area contributed by atoms with Crippen LogP contribution in [0.5, 0.6) is 11.5 Å². The molecular weight excluding hydrogens is 625 g/mol. The second-order valence-electron chi connectivity index (χ2n) is 10.4. The van der Waals surface area contributed by atoms with E-state index in [2.05, 4.69) is 10.0 Å². The number of anilines is 1. The zero-order valence-electron chi connectivity index (χ0n) is 26.2. The standard InChI is InChI=1S/C35H38FN3O7S/c1-3-45-23-7-22-37-35(41)34(27-8-5-4-6-9-27)39(24-26-10-16-30(44-2)17-11-26)33(40)25-46-31-18-20-32(21-19-31)47(42,43)38-29-14-12-28(36)13-15-29/h4-6,8-21,34,38H,3,7,22-25H2,1-2H3,(H,37,41)/t34-/m1/s1. The number of ether oxygens (including phenoxy) is 3. The predicted molar refractivity (Wildman–Crippen MR) is 176 cm³/mol. The average molecular weight is 664 g/mol. The normalized spacial score (nSPS) is 11.7. The number of nitrogens with one attached hydrogen (secondary N) is 2. The van der Waals surface area contributed by atoms with Gasteiger partial charge in [-0.25, -0.2) is 12.8 Å². The number of amides is 2. The minimum Gasteiger partial charge on any atom is -0.497 e. The zero-order valence-corrected chi connectivity index (χ0v) is 27.0. The molecule has 0 aliphatic heterocycles. The first-order chi connectivity index (χ1) is 22.7. The quantitative estimate of drug-likeness (QED) is 0.147. The molecule has 0 aliphatic carbocycles.